The lowest BCUT2D eigenvalue weighted by Crippen LogP contribution is -2.40. The van der Waals surface area contributed by atoms with Crippen molar-refractivity contribution in [1.29, 1.82) is 0 Å². The highest BCUT2D eigenvalue weighted by atomic mass is 19.4. The summed E-state index contributed by atoms with van der Waals surface area (Å²) in [6.45, 7) is 1.28. The highest BCUT2D eigenvalue weighted by Gasteiger charge is 2.58. The number of hydrogen-bond acceptors (Lipinski definition) is 7. The summed E-state index contributed by atoms with van der Waals surface area (Å²) >= 11 is 0. The number of pyridine rings is 1. The Morgan fingerprint density at radius 3 is 1.84 bits per heavy atom. The molecule has 2 aromatic rings. The summed E-state index contributed by atoms with van der Waals surface area (Å²) in [6, 6.07) is 2.41. The van der Waals surface area contributed by atoms with Gasteiger partial charge in [-0.2, -0.15) is 43.9 Å². The van der Waals surface area contributed by atoms with Gasteiger partial charge in [-0.25, -0.2) is 27.5 Å². The van der Waals surface area contributed by atoms with Crippen LogP contribution in [0, 0.1) is 11.8 Å². The first-order valence-electron chi connectivity index (χ1n) is 13.7. The van der Waals surface area contributed by atoms with Gasteiger partial charge in [-0.15, -0.1) is 0 Å². The number of nitrogens with zero attached hydrogens (tertiary/aromatic N) is 3. The number of hydrogen-bond donors (Lipinski definition) is 0. The van der Waals surface area contributed by atoms with Crippen LogP contribution in [0.5, 0.6) is 0 Å². The molecular formula is C28H27F14N3O4. The lowest BCUT2D eigenvalue weighted by atomic mass is 9.88. The van der Waals surface area contributed by atoms with Gasteiger partial charge in [0.15, 0.2) is 0 Å². The molecule has 2 rings (SSSR count). The molecule has 7 nitrogen and oxygen atoms in total. The van der Waals surface area contributed by atoms with Crippen LogP contribution >= 0.6 is 0 Å². The number of aromatic nitrogens is 3. The number of methoxy groups -OCH3 is 2. The molecule has 21 heteroatoms. The van der Waals surface area contributed by atoms with Crippen LogP contribution in [0.15, 0.2) is 18.3 Å². The Morgan fingerprint density at radius 2 is 1.35 bits per heavy atom. The van der Waals surface area contributed by atoms with Crippen LogP contribution in [-0.4, -0.2) is 77.7 Å². The average Bonchev–Trinajstić information content (AvgIpc) is 2.94. The molecule has 2 aromatic heterocycles. The van der Waals surface area contributed by atoms with E-state index >= 15 is 0 Å². The Kier molecular flexibility index (Phi) is 13.0. The van der Waals surface area contributed by atoms with Gasteiger partial charge >= 0.3 is 42.6 Å². The number of halogens is 14. The van der Waals surface area contributed by atoms with Gasteiger partial charge in [-0.1, -0.05) is 13.0 Å². The van der Waals surface area contributed by atoms with Crippen molar-refractivity contribution in [2.45, 2.75) is 82.0 Å². The Labute approximate surface area is 268 Å². The third-order valence-electron chi connectivity index (χ3n) is 7.07. The van der Waals surface area contributed by atoms with Crippen LogP contribution in [0.25, 0.3) is 0 Å². The van der Waals surface area contributed by atoms with Crippen molar-refractivity contribution in [3.8, 4) is 0 Å². The molecule has 0 bridgehead atoms. The maximum Gasteiger partial charge on any atom is 0.453 e. The summed E-state index contributed by atoms with van der Waals surface area (Å²) in [7, 11) is 1.99. The Hall–Kier alpha value is -3.81. The largest absolute Gasteiger partial charge is 0.469 e. The van der Waals surface area contributed by atoms with Crippen molar-refractivity contribution in [1.82, 2.24) is 15.0 Å². The molecule has 0 spiro atoms. The predicted octanol–water partition coefficient (Wildman–Crippen LogP) is 6.92. The van der Waals surface area contributed by atoms with E-state index in [9.17, 15) is 71.1 Å². The molecular weight excluding hydrogens is 708 g/mol. The Morgan fingerprint density at radius 1 is 0.796 bits per heavy atom. The summed E-state index contributed by atoms with van der Waals surface area (Å²) in [5.74, 6) is -21.3. The molecule has 0 aliphatic rings. The van der Waals surface area contributed by atoms with Crippen LogP contribution in [0.3, 0.4) is 0 Å². The molecule has 0 aromatic carbocycles. The van der Waals surface area contributed by atoms with Crippen molar-refractivity contribution in [3.05, 3.63) is 52.4 Å². The van der Waals surface area contributed by atoms with Crippen molar-refractivity contribution < 1.29 is 80.5 Å². The molecule has 0 amide bonds. The van der Waals surface area contributed by atoms with Crippen LogP contribution < -0.4 is 0 Å². The molecule has 2 unspecified atom stereocenters. The second-order valence-electron chi connectivity index (χ2n) is 10.9. The monoisotopic (exact) mass is 735 g/mol. The number of rotatable bonds is 15. The zero-order valence-electron chi connectivity index (χ0n) is 25.5. The fourth-order valence-corrected chi connectivity index (χ4v) is 4.60. The predicted molar refractivity (Wildman–Crippen MR) is 138 cm³/mol. The minimum Gasteiger partial charge on any atom is -0.469 e. The van der Waals surface area contributed by atoms with E-state index < -0.39 is 122 Å². The first-order chi connectivity index (χ1) is 22.2. The molecule has 0 aliphatic carbocycles. The molecule has 0 N–H and O–H groups in total. The minimum atomic E-state index is -6.46. The number of ether oxygens (including phenoxy) is 2. The maximum atomic E-state index is 14.5. The molecule has 0 fully saturated rings. The zero-order chi connectivity index (χ0) is 37.8. The third kappa shape index (κ3) is 11.4. The van der Waals surface area contributed by atoms with Gasteiger partial charge in [0.1, 0.15) is 12.2 Å². The smallest absolute Gasteiger partial charge is 0.453 e. The molecule has 0 aliphatic heterocycles. The van der Waals surface area contributed by atoms with Gasteiger partial charge in [0.05, 0.1) is 50.3 Å². The first kappa shape index (κ1) is 41.4. The lowest BCUT2D eigenvalue weighted by Gasteiger charge is -2.26. The van der Waals surface area contributed by atoms with E-state index in [0.29, 0.717) is 0 Å². The van der Waals surface area contributed by atoms with E-state index in [2.05, 4.69) is 24.4 Å². The maximum absolute atomic E-state index is 14.5. The van der Waals surface area contributed by atoms with Gasteiger partial charge < -0.3 is 9.47 Å². The van der Waals surface area contributed by atoms with Crippen molar-refractivity contribution in [2.24, 2.45) is 11.8 Å². The standard InChI is InChI=1S/C28H27F14N3O4/c1-13(21(46)48-2)15(22(47)49-3)8-17-14(5-4-6-43-17)7-20-44-18(10-24(31,32)12-27(37,38)39)16(9-26(35,36)28(40,41)42)19(45-20)11-25(33,34)23(29)30/h4-6,13,15,23H,7-12H2,1-3H3. The van der Waals surface area contributed by atoms with Gasteiger partial charge in [0.25, 0.3) is 5.92 Å². The summed E-state index contributed by atoms with van der Waals surface area (Å²) in [4.78, 5) is 35.5. The van der Waals surface area contributed by atoms with Crippen molar-refractivity contribution in [3.63, 3.8) is 0 Å². The number of carbonyl (C=O) groups excluding carboxylic acids is 2. The topological polar surface area (TPSA) is 91.3 Å². The van der Waals surface area contributed by atoms with E-state index in [1.54, 1.807) is 0 Å². The zero-order valence-corrected chi connectivity index (χ0v) is 25.5. The Balaban J connectivity index is 2.83. The minimum absolute atomic E-state index is 0.0959. The van der Waals surface area contributed by atoms with Crippen LogP contribution in [-0.2, 0) is 51.2 Å². The van der Waals surface area contributed by atoms with Crippen LogP contribution in [0.1, 0.15) is 47.4 Å². The van der Waals surface area contributed by atoms with Gasteiger partial charge in [0.2, 0.25) is 0 Å². The molecule has 0 saturated carbocycles. The normalized spacial score (nSPS) is 14.5. The summed E-state index contributed by atoms with van der Waals surface area (Å²) in [6.07, 6.45) is -27.2. The lowest BCUT2D eigenvalue weighted by molar-refractivity contribution is -0.281. The van der Waals surface area contributed by atoms with Gasteiger partial charge in [-0.3, -0.25) is 14.6 Å². The fraction of sp³-hybridized carbons (Fsp3) is 0.607. The van der Waals surface area contributed by atoms with E-state index in [0.717, 1.165) is 20.4 Å². The highest BCUT2D eigenvalue weighted by Crippen LogP contribution is 2.42. The molecule has 2 atom stereocenters. The van der Waals surface area contributed by atoms with Crippen LogP contribution in [0.4, 0.5) is 61.5 Å². The summed E-state index contributed by atoms with van der Waals surface area (Å²) in [5.41, 5.74) is -5.39. The molecule has 2 heterocycles. The third-order valence-corrected chi connectivity index (χ3v) is 7.07. The quantitative estimate of drug-likeness (QED) is 0.145. The molecule has 0 saturated heterocycles. The van der Waals surface area contributed by atoms with Crippen molar-refractivity contribution >= 4 is 11.9 Å². The summed E-state index contributed by atoms with van der Waals surface area (Å²) < 4.78 is 199. The second kappa shape index (κ2) is 15.4. The number of carbonyl (C=O) groups is 2. The van der Waals surface area contributed by atoms with Gasteiger partial charge in [-0.05, 0) is 11.6 Å². The van der Waals surface area contributed by atoms with Gasteiger partial charge in [0, 0.05) is 36.7 Å². The molecule has 49 heavy (non-hydrogen) atoms. The number of esters is 2. The summed E-state index contributed by atoms with van der Waals surface area (Å²) in [5, 5.41) is 0. The first-order valence-corrected chi connectivity index (χ1v) is 13.7. The fourth-order valence-electron chi connectivity index (χ4n) is 4.60. The highest BCUT2D eigenvalue weighted by molar-refractivity contribution is 5.82. The van der Waals surface area contributed by atoms with E-state index in [4.69, 9.17) is 0 Å². The average molecular weight is 736 g/mol. The number of alkyl halides is 14. The Bertz CT molecular complexity index is 1460. The van der Waals surface area contributed by atoms with E-state index in [1.165, 1.54) is 19.1 Å². The van der Waals surface area contributed by atoms with E-state index in [1.807, 2.05) is 0 Å². The SMILES string of the molecule is COC(=O)C(C)C(Cc1ncccc1Cc1nc(CC(F)(F)CC(F)(F)F)c(CC(F)(F)C(F)(F)F)c(CC(F)(F)C(F)F)n1)C(=O)OC. The van der Waals surface area contributed by atoms with E-state index in [-0.39, 0.29) is 11.3 Å². The molecule has 276 valence electrons. The van der Waals surface area contributed by atoms with Crippen molar-refractivity contribution in [2.75, 3.05) is 14.2 Å². The molecule has 0 radical (unpaired) electrons. The second-order valence-corrected chi connectivity index (χ2v) is 10.9. The van der Waals surface area contributed by atoms with Crippen LogP contribution in [0.2, 0.25) is 0 Å².